The van der Waals surface area contributed by atoms with Crippen molar-refractivity contribution >= 4 is 0 Å². The van der Waals surface area contributed by atoms with Crippen LogP contribution in [0, 0.1) is 5.92 Å². The molecule has 1 saturated heterocycles. The molecule has 2 fully saturated rings. The molecule has 0 aromatic rings. The molecule has 0 aromatic heterocycles. The Morgan fingerprint density at radius 1 is 1.23 bits per heavy atom. The molecule has 0 radical (unpaired) electrons. The lowest BCUT2D eigenvalue weighted by molar-refractivity contribution is 0.117. The minimum atomic E-state index is 0.754. The predicted octanol–water partition coefficient (Wildman–Crippen LogP) is 1.47. The first kappa shape index (κ1) is 9.47. The summed E-state index contributed by atoms with van der Waals surface area (Å²) in [6, 6.07) is 1.65. The van der Waals surface area contributed by atoms with E-state index in [1.807, 2.05) is 0 Å². The largest absolute Gasteiger partial charge is 0.314 e. The van der Waals surface area contributed by atoms with E-state index in [2.05, 4.69) is 24.1 Å². The first-order chi connectivity index (χ1) is 6.27. The lowest BCUT2D eigenvalue weighted by atomic mass is 10.1. The van der Waals surface area contributed by atoms with E-state index >= 15 is 0 Å². The van der Waals surface area contributed by atoms with Gasteiger partial charge in [-0.25, -0.2) is 0 Å². The van der Waals surface area contributed by atoms with Gasteiger partial charge in [0.25, 0.3) is 0 Å². The van der Waals surface area contributed by atoms with Gasteiger partial charge in [-0.05, 0) is 32.1 Å². The molecule has 0 bridgehead atoms. The SMILES string of the molecule is CC1CCC(N2CCNCC2C)C1. The van der Waals surface area contributed by atoms with Crippen LogP contribution in [0.3, 0.4) is 0 Å². The maximum Gasteiger partial charge on any atom is 0.0195 e. The average molecular weight is 182 g/mol. The van der Waals surface area contributed by atoms with E-state index in [9.17, 15) is 0 Å². The molecule has 1 aliphatic carbocycles. The third kappa shape index (κ3) is 2.05. The van der Waals surface area contributed by atoms with Crippen LogP contribution >= 0.6 is 0 Å². The Kier molecular flexibility index (Phi) is 2.89. The molecule has 2 nitrogen and oxygen atoms in total. The van der Waals surface area contributed by atoms with Gasteiger partial charge >= 0.3 is 0 Å². The smallest absolute Gasteiger partial charge is 0.0195 e. The van der Waals surface area contributed by atoms with Crippen LogP contribution in [0.25, 0.3) is 0 Å². The molecule has 0 aromatic carbocycles. The number of rotatable bonds is 1. The topological polar surface area (TPSA) is 15.3 Å². The molecule has 2 heteroatoms. The van der Waals surface area contributed by atoms with E-state index < -0.39 is 0 Å². The summed E-state index contributed by atoms with van der Waals surface area (Å²) in [6.07, 6.45) is 4.32. The Labute approximate surface area is 81.7 Å². The van der Waals surface area contributed by atoms with Crippen LogP contribution in [-0.4, -0.2) is 36.6 Å². The van der Waals surface area contributed by atoms with E-state index in [1.165, 1.54) is 38.9 Å². The van der Waals surface area contributed by atoms with E-state index in [4.69, 9.17) is 0 Å². The van der Waals surface area contributed by atoms with Crippen molar-refractivity contribution < 1.29 is 0 Å². The van der Waals surface area contributed by atoms with Crippen molar-refractivity contribution in [2.75, 3.05) is 19.6 Å². The van der Waals surface area contributed by atoms with Gasteiger partial charge in [0.15, 0.2) is 0 Å². The Bertz CT molecular complexity index is 169. The summed E-state index contributed by atoms with van der Waals surface area (Å²) in [5.41, 5.74) is 0. The summed E-state index contributed by atoms with van der Waals surface area (Å²) in [5, 5.41) is 3.46. The number of nitrogens with zero attached hydrogens (tertiary/aromatic N) is 1. The minimum Gasteiger partial charge on any atom is -0.314 e. The first-order valence-electron chi connectivity index (χ1n) is 5.74. The van der Waals surface area contributed by atoms with Crippen LogP contribution in [0.4, 0.5) is 0 Å². The number of hydrogen-bond acceptors (Lipinski definition) is 2. The maximum atomic E-state index is 3.46. The predicted molar refractivity (Wildman–Crippen MR) is 55.8 cm³/mol. The lowest BCUT2D eigenvalue weighted by Gasteiger charge is -2.38. The number of hydrogen-bond donors (Lipinski definition) is 1. The fraction of sp³-hybridized carbons (Fsp3) is 1.00. The van der Waals surface area contributed by atoms with Gasteiger partial charge in [0.2, 0.25) is 0 Å². The van der Waals surface area contributed by atoms with Crippen molar-refractivity contribution in [1.82, 2.24) is 10.2 Å². The normalized spacial score (nSPS) is 42.5. The second-order valence-corrected chi connectivity index (χ2v) is 4.86. The molecule has 0 amide bonds. The second kappa shape index (κ2) is 3.97. The highest BCUT2D eigenvalue weighted by atomic mass is 15.2. The van der Waals surface area contributed by atoms with E-state index in [1.54, 1.807) is 0 Å². The lowest BCUT2D eigenvalue weighted by Crippen LogP contribution is -2.53. The molecule has 1 saturated carbocycles. The Morgan fingerprint density at radius 2 is 2.08 bits per heavy atom. The van der Waals surface area contributed by atoms with Gasteiger partial charge in [-0.2, -0.15) is 0 Å². The zero-order chi connectivity index (χ0) is 9.26. The van der Waals surface area contributed by atoms with Crippen LogP contribution in [0.15, 0.2) is 0 Å². The molecule has 13 heavy (non-hydrogen) atoms. The van der Waals surface area contributed by atoms with Gasteiger partial charge in [0.1, 0.15) is 0 Å². The average Bonchev–Trinajstić information content (AvgIpc) is 2.53. The van der Waals surface area contributed by atoms with Crippen molar-refractivity contribution in [2.45, 2.75) is 45.2 Å². The van der Waals surface area contributed by atoms with Crippen molar-refractivity contribution in [3.05, 3.63) is 0 Å². The Morgan fingerprint density at radius 3 is 2.69 bits per heavy atom. The van der Waals surface area contributed by atoms with Crippen LogP contribution in [0.5, 0.6) is 0 Å². The molecule has 0 spiro atoms. The Balaban J connectivity index is 1.91. The van der Waals surface area contributed by atoms with Crippen molar-refractivity contribution in [3.63, 3.8) is 0 Å². The van der Waals surface area contributed by atoms with Crippen LogP contribution < -0.4 is 5.32 Å². The van der Waals surface area contributed by atoms with Gasteiger partial charge in [0, 0.05) is 31.7 Å². The first-order valence-corrected chi connectivity index (χ1v) is 5.74. The molecular weight excluding hydrogens is 160 g/mol. The third-order valence-corrected chi connectivity index (χ3v) is 3.69. The fourth-order valence-corrected chi connectivity index (χ4v) is 2.88. The zero-order valence-electron chi connectivity index (χ0n) is 8.92. The second-order valence-electron chi connectivity index (χ2n) is 4.86. The van der Waals surface area contributed by atoms with Gasteiger partial charge in [-0.3, -0.25) is 4.90 Å². The van der Waals surface area contributed by atoms with E-state index in [0.29, 0.717) is 0 Å². The standard InChI is InChI=1S/C11H22N2/c1-9-3-4-11(7-9)13-6-5-12-8-10(13)2/h9-12H,3-8H2,1-2H3. The number of nitrogens with one attached hydrogen (secondary N) is 1. The maximum absolute atomic E-state index is 3.46. The highest BCUT2D eigenvalue weighted by molar-refractivity contribution is 4.87. The summed E-state index contributed by atoms with van der Waals surface area (Å²) in [7, 11) is 0. The van der Waals surface area contributed by atoms with Gasteiger partial charge in [-0.15, -0.1) is 0 Å². The summed E-state index contributed by atoms with van der Waals surface area (Å²) >= 11 is 0. The molecule has 3 atom stereocenters. The molecular formula is C11H22N2. The highest BCUT2D eigenvalue weighted by Gasteiger charge is 2.30. The van der Waals surface area contributed by atoms with Gasteiger partial charge < -0.3 is 5.32 Å². The van der Waals surface area contributed by atoms with Gasteiger partial charge in [0.05, 0.1) is 0 Å². The van der Waals surface area contributed by atoms with Crippen LogP contribution in [0.2, 0.25) is 0 Å². The molecule has 76 valence electrons. The number of piperazine rings is 1. The molecule has 1 aliphatic heterocycles. The highest BCUT2D eigenvalue weighted by Crippen LogP contribution is 2.30. The fourth-order valence-electron chi connectivity index (χ4n) is 2.88. The van der Waals surface area contributed by atoms with Crippen LogP contribution in [-0.2, 0) is 0 Å². The quantitative estimate of drug-likeness (QED) is 0.660. The summed E-state index contributed by atoms with van der Waals surface area (Å²) in [4.78, 5) is 2.72. The third-order valence-electron chi connectivity index (χ3n) is 3.69. The summed E-state index contributed by atoms with van der Waals surface area (Å²) in [5.74, 6) is 0.965. The van der Waals surface area contributed by atoms with Crippen LogP contribution in [0.1, 0.15) is 33.1 Å². The van der Waals surface area contributed by atoms with E-state index in [0.717, 1.165) is 18.0 Å². The monoisotopic (exact) mass is 182 g/mol. The van der Waals surface area contributed by atoms with E-state index in [-0.39, 0.29) is 0 Å². The van der Waals surface area contributed by atoms with Crippen molar-refractivity contribution in [2.24, 2.45) is 5.92 Å². The molecule has 1 N–H and O–H groups in total. The molecule has 2 aliphatic rings. The molecule has 1 heterocycles. The van der Waals surface area contributed by atoms with Crippen molar-refractivity contribution in [1.29, 1.82) is 0 Å². The summed E-state index contributed by atoms with van der Waals surface area (Å²) < 4.78 is 0. The molecule has 2 rings (SSSR count). The minimum absolute atomic E-state index is 0.754. The summed E-state index contributed by atoms with van der Waals surface area (Å²) in [6.45, 7) is 8.39. The zero-order valence-corrected chi connectivity index (χ0v) is 8.92. The molecule has 3 unspecified atom stereocenters. The Hall–Kier alpha value is -0.0800. The van der Waals surface area contributed by atoms with Gasteiger partial charge in [-0.1, -0.05) is 6.92 Å². The van der Waals surface area contributed by atoms with Crippen molar-refractivity contribution in [3.8, 4) is 0 Å².